The van der Waals surface area contributed by atoms with E-state index in [-0.39, 0.29) is 0 Å². The summed E-state index contributed by atoms with van der Waals surface area (Å²) in [5, 5.41) is 0. The number of hydrogen-bond acceptors (Lipinski definition) is 4. The van der Waals surface area contributed by atoms with E-state index in [2.05, 4.69) is 9.98 Å². The molecule has 0 unspecified atom stereocenters. The van der Waals surface area contributed by atoms with E-state index < -0.39 is 0 Å². The maximum atomic E-state index is 5.62. The molecule has 0 aliphatic rings. The second-order valence-corrected chi connectivity index (χ2v) is 4.74. The molecular weight excluding hydrogens is 260 g/mol. The molecule has 4 heteroatoms. The number of nitrogens with two attached hydrogens (primary N) is 2. The molecule has 0 radical (unpaired) electrons. The van der Waals surface area contributed by atoms with Crippen molar-refractivity contribution in [3.8, 4) is 0 Å². The highest BCUT2D eigenvalue weighted by molar-refractivity contribution is 5.66. The van der Waals surface area contributed by atoms with Gasteiger partial charge in [0.2, 0.25) is 0 Å². The number of rotatable bonds is 6. The summed E-state index contributed by atoms with van der Waals surface area (Å²) in [6, 6.07) is 15.1. The van der Waals surface area contributed by atoms with Crippen molar-refractivity contribution in [2.24, 2.45) is 9.98 Å². The van der Waals surface area contributed by atoms with Gasteiger partial charge in [0.05, 0.1) is 11.4 Å². The number of anilines is 2. The SMILES string of the molecule is Nc1ccc(/N=C/CCC/C=N/c2ccc(N)cc2)cc1. The van der Waals surface area contributed by atoms with E-state index >= 15 is 0 Å². The summed E-state index contributed by atoms with van der Waals surface area (Å²) in [6.45, 7) is 0. The fraction of sp³-hybridized carbons (Fsp3) is 0.176. The van der Waals surface area contributed by atoms with Gasteiger partial charge in [0.15, 0.2) is 0 Å². The molecule has 0 spiro atoms. The largest absolute Gasteiger partial charge is 0.399 e. The van der Waals surface area contributed by atoms with Gasteiger partial charge in [0.1, 0.15) is 0 Å². The first kappa shape index (κ1) is 14.8. The van der Waals surface area contributed by atoms with E-state index in [0.717, 1.165) is 42.0 Å². The molecule has 0 aliphatic heterocycles. The molecule has 4 N–H and O–H groups in total. The summed E-state index contributed by atoms with van der Waals surface area (Å²) in [4.78, 5) is 8.75. The standard InChI is InChI=1S/C17H20N4/c18-14-4-8-16(9-5-14)20-12-2-1-3-13-21-17-10-6-15(19)7-11-17/h4-13H,1-3,18-19H2/b20-12+,21-13+. The Kier molecular flexibility index (Phi) is 5.52. The van der Waals surface area contributed by atoms with Crippen LogP contribution < -0.4 is 11.5 Å². The predicted molar refractivity (Wildman–Crippen MR) is 91.9 cm³/mol. The van der Waals surface area contributed by atoms with Crippen molar-refractivity contribution < 1.29 is 0 Å². The van der Waals surface area contributed by atoms with Gasteiger partial charge in [-0.1, -0.05) is 0 Å². The number of unbranched alkanes of at least 4 members (excludes halogenated alkanes) is 2. The van der Waals surface area contributed by atoms with Gasteiger partial charge in [0, 0.05) is 23.8 Å². The number of aliphatic imine (C=N–C) groups is 2. The van der Waals surface area contributed by atoms with Crippen LogP contribution in [0.5, 0.6) is 0 Å². The molecule has 0 heterocycles. The zero-order valence-electron chi connectivity index (χ0n) is 11.9. The average Bonchev–Trinajstić information content (AvgIpc) is 2.50. The first-order chi connectivity index (χ1) is 10.2. The molecule has 4 nitrogen and oxygen atoms in total. The third-order valence-corrected chi connectivity index (χ3v) is 2.93. The molecule has 0 amide bonds. The predicted octanol–water partition coefficient (Wildman–Crippen LogP) is 4.13. The number of hydrogen-bond donors (Lipinski definition) is 2. The van der Waals surface area contributed by atoms with Crippen LogP contribution in [0.3, 0.4) is 0 Å². The van der Waals surface area contributed by atoms with Crippen LogP contribution in [0.1, 0.15) is 19.3 Å². The van der Waals surface area contributed by atoms with Gasteiger partial charge < -0.3 is 11.5 Å². The van der Waals surface area contributed by atoms with Gasteiger partial charge in [-0.2, -0.15) is 0 Å². The lowest BCUT2D eigenvalue weighted by Gasteiger charge is -1.95. The van der Waals surface area contributed by atoms with Crippen LogP contribution in [0.4, 0.5) is 22.7 Å². The van der Waals surface area contributed by atoms with Gasteiger partial charge in [0.25, 0.3) is 0 Å². The Morgan fingerprint density at radius 3 is 1.43 bits per heavy atom. The summed E-state index contributed by atoms with van der Waals surface area (Å²) in [5.74, 6) is 0. The lowest BCUT2D eigenvalue weighted by atomic mass is 10.2. The van der Waals surface area contributed by atoms with Crippen molar-refractivity contribution in [2.45, 2.75) is 19.3 Å². The van der Waals surface area contributed by atoms with Crippen LogP contribution in [0.15, 0.2) is 58.5 Å². The Morgan fingerprint density at radius 1 is 0.667 bits per heavy atom. The van der Waals surface area contributed by atoms with Crippen LogP contribution >= 0.6 is 0 Å². The number of nitrogens with zero attached hydrogens (tertiary/aromatic N) is 2. The molecule has 0 fully saturated rings. The van der Waals surface area contributed by atoms with Crippen LogP contribution in [-0.2, 0) is 0 Å². The van der Waals surface area contributed by atoms with Crippen molar-refractivity contribution in [3.63, 3.8) is 0 Å². The normalized spacial score (nSPS) is 11.4. The third kappa shape index (κ3) is 5.48. The third-order valence-electron chi connectivity index (χ3n) is 2.93. The van der Waals surface area contributed by atoms with Crippen molar-refractivity contribution >= 4 is 35.2 Å². The summed E-state index contributed by atoms with van der Waals surface area (Å²) in [7, 11) is 0. The van der Waals surface area contributed by atoms with Gasteiger partial charge in [-0.25, -0.2) is 0 Å². The highest BCUT2D eigenvalue weighted by Crippen LogP contribution is 2.14. The molecule has 21 heavy (non-hydrogen) atoms. The molecule has 2 rings (SSSR count). The summed E-state index contributed by atoms with van der Waals surface area (Å²) in [5.41, 5.74) is 14.6. The zero-order valence-corrected chi connectivity index (χ0v) is 11.9. The zero-order chi connectivity index (χ0) is 14.9. The maximum Gasteiger partial charge on any atom is 0.0627 e. The van der Waals surface area contributed by atoms with E-state index in [4.69, 9.17) is 11.5 Å². The van der Waals surface area contributed by atoms with Crippen LogP contribution in [0.2, 0.25) is 0 Å². The van der Waals surface area contributed by atoms with Gasteiger partial charge in [-0.05, 0) is 67.8 Å². The van der Waals surface area contributed by atoms with Gasteiger partial charge in [-0.15, -0.1) is 0 Å². The molecule has 0 atom stereocenters. The topological polar surface area (TPSA) is 76.8 Å². The Labute approximate surface area is 125 Å². The summed E-state index contributed by atoms with van der Waals surface area (Å²) in [6.07, 6.45) is 6.75. The van der Waals surface area contributed by atoms with Crippen molar-refractivity contribution in [1.29, 1.82) is 0 Å². The molecule has 108 valence electrons. The molecule has 0 bridgehead atoms. The number of nitrogen functional groups attached to an aromatic ring is 2. The fourth-order valence-corrected chi connectivity index (χ4v) is 1.76. The minimum atomic E-state index is 0.757. The van der Waals surface area contributed by atoms with E-state index in [9.17, 15) is 0 Å². The van der Waals surface area contributed by atoms with Crippen LogP contribution in [-0.4, -0.2) is 12.4 Å². The smallest absolute Gasteiger partial charge is 0.0627 e. The Balaban J connectivity index is 1.67. The molecule has 0 aliphatic carbocycles. The van der Waals surface area contributed by atoms with Crippen molar-refractivity contribution in [2.75, 3.05) is 11.5 Å². The first-order valence-electron chi connectivity index (χ1n) is 7.00. The van der Waals surface area contributed by atoms with Gasteiger partial charge >= 0.3 is 0 Å². The Morgan fingerprint density at radius 2 is 1.05 bits per heavy atom. The van der Waals surface area contributed by atoms with Crippen LogP contribution in [0, 0.1) is 0 Å². The van der Waals surface area contributed by atoms with E-state index in [1.165, 1.54) is 0 Å². The van der Waals surface area contributed by atoms with Gasteiger partial charge in [-0.3, -0.25) is 9.98 Å². The average molecular weight is 280 g/mol. The van der Waals surface area contributed by atoms with E-state index in [0.29, 0.717) is 0 Å². The van der Waals surface area contributed by atoms with E-state index in [1.54, 1.807) is 0 Å². The lowest BCUT2D eigenvalue weighted by molar-refractivity contribution is 0.944. The van der Waals surface area contributed by atoms with Crippen molar-refractivity contribution in [1.82, 2.24) is 0 Å². The highest BCUT2D eigenvalue weighted by Gasteiger charge is 1.89. The minimum absolute atomic E-state index is 0.757. The second kappa shape index (κ2) is 7.85. The molecule has 2 aromatic carbocycles. The van der Waals surface area contributed by atoms with Crippen LogP contribution in [0.25, 0.3) is 0 Å². The van der Waals surface area contributed by atoms with E-state index in [1.807, 2.05) is 61.0 Å². The second-order valence-electron chi connectivity index (χ2n) is 4.74. The Hall–Kier alpha value is -2.62. The maximum absolute atomic E-state index is 5.62. The fourth-order valence-electron chi connectivity index (χ4n) is 1.76. The molecular formula is C17H20N4. The molecule has 0 saturated carbocycles. The first-order valence-corrected chi connectivity index (χ1v) is 7.00. The van der Waals surface area contributed by atoms with Crippen molar-refractivity contribution in [3.05, 3.63) is 48.5 Å². The minimum Gasteiger partial charge on any atom is -0.399 e. The highest BCUT2D eigenvalue weighted by atomic mass is 14.7. The molecule has 0 aromatic heterocycles. The monoisotopic (exact) mass is 280 g/mol. The quantitative estimate of drug-likeness (QED) is 0.474. The summed E-state index contributed by atoms with van der Waals surface area (Å²) >= 11 is 0. The number of benzene rings is 2. The lowest BCUT2D eigenvalue weighted by Crippen LogP contribution is -1.82. The summed E-state index contributed by atoms with van der Waals surface area (Å²) < 4.78 is 0. The molecule has 2 aromatic rings. The molecule has 0 saturated heterocycles. The Bertz CT molecular complexity index is 542.